The minimum absolute atomic E-state index is 0.203. The molecule has 1 aliphatic heterocycles. The van der Waals surface area contributed by atoms with Crippen LogP contribution in [0.4, 0.5) is 5.69 Å². The fraction of sp³-hybridized carbons (Fsp3) is 0.161. The fourth-order valence-corrected chi connectivity index (χ4v) is 5.43. The number of aryl methyl sites for hydroxylation is 4. The van der Waals surface area contributed by atoms with E-state index >= 15 is 0 Å². The minimum atomic E-state index is -0.203. The van der Waals surface area contributed by atoms with Crippen molar-refractivity contribution in [2.24, 2.45) is 7.05 Å². The molecule has 188 valence electrons. The normalized spacial score (nSPS) is 12.4. The molecule has 0 fully saturated rings. The van der Waals surface area contributed by atoms with Gasteiger partial charge in [0.1, 0.15) is 22.9 Å². The third-order valence-electron chi connectivity index (χ3n) is 7.06. The number of fused-ring (bicyclic) bond motifs is 1. The van der Waals surface area contributed by atoms with Gasteiger partial charge in [0.25, 0.3) is 0 Å². The highest BCUT2D eigenvalue weighted by atomic mass is 16.5. The molecule has 0 saturated heterocycles. The summed E-state index contributed by atoms with van der Waals surface area (Å²) in [7, 11) is 3.78. The molecule has 0 unspecified atom stereocenters. The van der Waals surface area contributed by atoms with E-state index in [1.54, 1.807) is 0 Å². The summed E-state index contributed by atoms with van der Waals surface area (Å²) >= 11 is 0. The summed E-state index contributed by atoms with van der Waals surface area (Å²) in [6.45, 7) is 6.41. The number of hydrogen-bond donors (Lipinski definition) is 0. The molecular weight excluding hydrogens is 471 g/mol. The molecule has 1 aromatic heterocycles. The van der Waals surface area contributed by atoms with Crippen molar-refractivity contribution in [2.75, 3.05) is 11.9 Å². The Hall–Kier alpha value is -4.52. The van der Waals surface area contributed by atoms with Gasteiger partial charge in [-0.1, -0.05) is 59.3 Å². The van der Waals surface area contributed by atoms with E-state index in [2.05, 4.69) is 60.2 Å². The van der Waals surface area contributed by atoms with Crippen LogP contribution in [0.5, 0.6) is 17.2 Å². The Morgan fingerprint density at radius 3 is 2.26 bits per heavy atom. The molecule has 38 heavy (non-hydrogen) atoms. The lowest BCUT2D eigenvalue weighted by Crippen LogP contribution is -2.47. The summed E-state index contributed by atoms with van der Waals surface area (Å²) in [5.41, 5.74) is 9.72. The van der Waals surface area contributed by atoms with Crippen LogP contribution in [0.25, 0.3) is 22.5 Å². The number of nitrogens with zero attached hydrogens (tertiary/aromatic N) is 4. The van der Waals surface area contributed by atoms with Crippen LogP contribution in [-0.2, 0) is 7.05 Å². The van der Waals surface area contributed by atoms with Crippen LogP contribution >= 0.6 is 0 Å². The van der Waals surface area contributed by atoms with Gasteiger partial charge in [-0.25, -0.2) is 4.68 Å². The number of anilines is 1. The summed E-state index contributed by atoms with van der Waals surface area (Å²) in [4.78, 5) is 2.14. The topological polar surface area (TPSA) is 52.4 Å². The van der Waals surface area contributed by atoms with Crippen molar-refractivity contribution in [1.82, 2.24) is 15.0 Å². The molecule has 7 heteroatoms. The van der Waals surface area contributed by atoms with Crippen LogP contribution in [0.3, 0.4) is 0 Å². The van der Waals surface area contributed by atoms with Gasteiger partial charge in [0.2, 0.25) is 0 Å². The van der Waals surface area contributed by atoms with Crippen LogP contribution in [0.2, 0.25) is 0 Å². The first-order valence-corrected chi connectivity index (χ1v) is 12.7. The molecule has 1 aliphatic rings. The predicted octanol–water partition coefficient (Wildman–Crippen LogP) is 6.09. The lowest BCUT2D eigenvalue weighted by molar-refractivity contribution is 0.483. The third-order valence-corrected chi connectivity index (χ3v) is 7.06. The van der Waals surface area contributed by atoms with Crippen molar-refractivity contribution in [1.29, 1.82) is 0 Å². The zero-order valence-corrected chi connectivity index (χ0v) is 22.3. The number of benzene rings is 4. The highest BCUT2D eigenvalue weighted by molar-refractivity contribution is 6.73. The van der Waals surface area contributed by atoms with E-state index in [0.29, 0.717) is 0 Å². The standard InChI is InChI=1S/C31H29BN4O2/c1-20-16-21(2)29(22(3)17-20)31-30(33-34-36(31)5)23-10-8-12-25(18-23)37-26-13-9-11-24(19-26)32-35(4)27-14-6-7-15-28(27)38-32/h6-19H,1-5H3. The second-order valence-corrected chi connectivity index (χ2v) is 9.94. The summed E-state index contributed by atoms with van der Waals surface area (Å²) in [6.07, 6.45) is 0. The Kier molecular flexibility index (Phi) is 5.91. The minimum Gasteiger partial charge on any atom is -0.536 e. The van der Waals surface area contributed by atoms with Crippen molar-refractivity contribution in [2.45, 2.75) is 20.8 Å². The van der Waals surface area contributed by atoms with Gasteiger partial charge in [-0.15, -0.1) is 5.10 Å². The van der Waals surface area contributed by atoms with E-state index in [-0.39, 0.29) is 7.05 Å². The number of aromatic nitrogens is 3. The first-order valence-electron chi connectivity index (χ1n) is 12.7. The molecule has 5 aromatic rings. The van der Waals surface area contributed by atoms with Crippen LogP contribution in [0, 0.1) is 20.8 Å². The molecule has 0 amide bonds. The van der Waals surface area contributed by atoms with Crippen molar-refractivity contribution < 1.29 is 9.39 Å². The number of ether oxygens (including phenoxy) is 1. The van der Waals surface area contributed by atoms with Gasteiger partial charge in [-0.2, -0.15) is 0 Å². The van der Waals surface area contributed by atoms with Gasteiger partial charge in [-0.05, 0) is 80.8 Å². The lowest BCUT2D eigenvalue weighted by Gasteiger charge is -2.17. The van der Waals surface area contributed by atoms with Crippen LogP contribution in [0.1, 0.15) is 16.7 Å². The van der Waals surface area contributed by atoms with Gasteiger partial charge in [-0.3, -0.25) is 0 Å². The summed E-state index contributed by atoms with van der Waals surface area (Å²) in [5, 5.41) is 8.92. The maximum atomic E-state index is 6.34. The van der Waals surface area contributed by atoms with Crippen LogP contribution in [-0.4, -0.2) is 29.1 Å². The third kappa shape index (κ3) is 4.20. The largest absolute Gasteiger partial charge is 0.536 e. The SMILES string of the molecule is Cc1cc(C)c(-c2c(-c3cccc(Oc4cccc(B5Oc6ccccc6N5C)c4)c3)nnn2C)c(C)c1. The average Bonchev–Trinajstić information content (AvgIpc) is 3.44. The van der Waals surface area contributed by atoms with E-state index in [9.17, 15) is 0 Å². The zero-order valence-electron chi connectivity index (χ0n) is 22.3. The molecule has 0 N–H and O–H groups in total. The van der Waals surface area contributed by atoms with Gasteiger partial charge in [0, 0.05) is 18.2 Å². The zero-order chi connectivity index (χ0) is 26.4. The predicted molar refractivity (Wildman–Crippen MR) is 153 cm³/mol. The molecule has 6 nitrogen and oxygen atoms in total. The second kappa shape index (κ2) is 9.41. The molecule has 4 aromatic carbocycles. The van der Waals surface area contributed by atoms with Crippen molar-refractivity contribution in [3.63, 3.8) is 0 Å². The maximum Gasteiger partial charge on any atom is 0.519 e. The lowest BCUT2D eigenvalue weighted by atomic mass is 9.72. The van der Waals surface area contributed by atoms with Gasteiger partial charge in [0.15, 0.2) is 0 Å². The fourth-order valence-electron chi connectivity index (χ4n) is 5.43. The molecule has 0 spiro atoms. The molecular formula is C31H29BN4O2. The van der Waals surface area contributed by atoms with Gasteiger partial charge >= 0.3 is 7.05 Å². The van der Waals surface area contributed by atoms with Crippen LogP contribution < -0.4 is 19.7 Å². The molecule has 0 radical (unpaired) electrons. The molecule has 0 atom stereocenters. The number of rotatable bonds is 5. The smallest absolute Gasteiger partial charge is 0.519 e. The van der Waals surface area contributed by atoms with Gasteiger partial charge in [0.05, 0.1) is 11.4 Å². The summed E-state index contributed by atoms with van der Waals surface area (Å²) in [5.74, 6) is 2.37. The first kappa shape index (κ1) is 23.9. The Labute approximate surface area is 223 Å². The monoisotopic (exact) mass is 500 g/mol. The summed E-state index contributed by atoms with van der Waals surface area (Å²) in [6, 6.07) is 28.6. The number of hydrogen-bond acceptors (Lipinski definition) is 5. The first-order chi connectivity index (χ1) is 18.4. The van der Waals surface area contributed by atoms with Crippen molar-refractivity contribution >= 4 is 18.2 Å². The Morgan fingerprint density at radius 1 is 0.789 bits per heavy atom. The molecule has 2 heterocycles. The van der Waals surface area contributed by atoms with E-state index in [4.69, 9.17) is 9.39 Å². The highest BCUT2D eigenvalue weighted by Gasteiger charge is 2.35. The van der Waals surface area contributed by atoms with E-state index < -0.39 is 0 Å². The summed E-state index contributed by atoms with van der Waals surface area (Å²) < 4.78 is 14.4. The van der Waals surface area contributed by atoms with E-state index in [1.165, 1.54) is 22.3 Å². The molecule has 0 aliphatic carbocycles. The highest BCUT2D eigenvalue weighted by Crippen LogP contribution is 2.37. The number of para-hydroxylation sites is 2. The Balaban J connectivity index is 1.30. The molecule has 0 bridgehead atoms. The van der Waals surface area contributed by atoms with Crippen molar-refractivity contribution in [3.05, 3.63) is 102 Å². The van der Waals surface area contributed by atoms with E-state index in [0.717, 1.165) is 45.4 Å². The van der Waals surface area contributed by atoms with Crippen molar-refractivity contribution in [3.8, 4) is 39.8 Å². The van der Waals surface area contributed by atoms with E-state index in [1.807, 2.05) is 79.4 Å². The van der Waals surface area contributed by atoms with Crippen LogP contribution in [0.15, 0.2) is 84.9 Å². The Morgan fingerprint density at radius 2 is 1.50 bits per heavy atom. The maximum absolute atomic E-state index is 6.34. The quantitative estimate of drug-likeness (QED) is 0.274. The Bertz CT molecular complexity index is 1640. The average molecular weight is 500 g/mol. The second-order valence-electron chi connectivity index (χ2n) is 9.94. The van der Waals surface area contributed by atoms with Gasteiger partial charge < -0.3 is 14.2 Å². The molecule has 0 saturated carbocycles. The molecule has 6 rings (SSSR count).